The Balaban J connectivity index is 1.91. The smallest absolute Gasteiger partial charge is 0.00441 e. The van der Waals surface area contributed by atoms with Crippen LogP contribution in [0.4, 0.5) is 0 Å². The fraction of sp³-hybridized carbons (Fsp3) is 1.00. The summed E-state index contributed by atoms with van der Waals surface area (Å²) in [5.74, 6) is 2.28. The number of rotatable bonds is 3. The highest BCUT2D eigenvalue weighted by Gasteiger charge is 2.24. The van der Waals surface area contributed by atoms with E-state index in [1.54, 1.807) is 0 Å². The zero-order valence-electron chi connectivity index (χ0n) is 5.97. The second kappa shape index (κ2) is 3.47. The maximum atomic E-state index is 5.63. The summed E-state index contributed by atoms with van der Waals surface area (Å²) >= 11 is 1.94. The van der Waals surface area contributed by atoms with E-state index in [0.29, 0.717) is 6.04 Å². The topological polar surface area (TPSA) is 26.0 Å². The second-order valence-electron chi connectivity index (χ2n) is 2.88. The van der Waals surface area contributed by atoms with Gasteiger partial charge in [-0.3, -0.25) is 0 Å². The third kappa shape index (κ3) is 2.18. The molecule has 0 saturated heterocycles. The standard InChI is InChI=1S/C7H15NS/c1-9-3-2-6-4-7(8)5-6/h6-7H,2-5,8H2,1H3. The molecule has 0 unspecified atom stereocenters. The maximum Gasteiger partial charge on any atom is 0.00441 e. The lowest BCUT2D eigenvalue weighted by Gasteiger charge is -2.32. The van der Waals surface area contributed by atoms with Crippen molar-refractivity contribution in [2.75, 3.05) is 12.0 Å². The van der Waals surface area contributed by atoms with Crippen LogP contribution in [-0.4, -0.2) is 18.1 Å². The Hall–Kier alpha value is 0.310. The molecule has 0 bridgehead atoms. The molecule has 0 aromatic carbocycles. The van der Waals surface area contributed by atoms with Gasteiger partial charge < -0.3 is 5.73 Å². The lowest BCUT2D eigenvalue weighted by Crippen LogP contribution is -2.36. The molecule has 2 N–H and O–H groups in total. The first-order chi connectivity index (χ1) is 4.33. The first-order valence-electron chi connectivity index (χ1n) is 3.57. The van der Waals surface area contributed by atoms with Crippen LogP contribution in [0, 0.1) is 5.92 Å². The van der Waals surface area contributed by atoms with E-state index in [4.69, 9.17) is 5.73 Å². The van der Waals surface area contributed by atoms with Crippen molar-refractivity contribution in [3.63, 3.8) is 0 Å². The minimum Gasteiger partial charge on any atom is -0.328 e. The summed E-state index contributed by atoms with van der Waals surface area (Å²) in [4.78, 5) is 0. The molecular weight excluding hydrogens is 130 g/mol. The molecule has 0 heterocycles. The Labute approximate surface area is 61.4 Å². The molecule has 1 saturated carbocycles. The van der Waals surface area contributed by atoms with Crippen molar-refractivity contribution in [1.29, 1.82) is 0 Å². The fourth-order valence-electron chi connectivity index (χ4n) is 1.31. The zero-order valence-corrected chi connectivity index (χ0v) is 6.79. The van der Waals surface area contributed by atoms with Crippen molar-refractivity contribution >= 4 is 11.8 Å². The van der Waals surface area contributed by atoms with Gasteiger partial charge in [0.2, 0.25) is 0 Å². The van der Waals surface area contributed by atoms with Crippen molar-refractivity contribution in [1.82, 2.24) is 0 Å². The van der Waals surface area contributed by atoms with Gasteiger partial charge in [0.15, 0.2) is 0 Å². The number of nitrogens with two attached hydrogens (primary N) is 1. The highest BCUT2D eigenvalue weighted by atomic mass is 32.2. The molecule has 0 aliphatic heterocycles. The van der Waals surface area contributed by atoms with Gasteiger partial charge in [-0.25, -0.2) is 0 Å². The molecule has 54 valence electrons. The summed E-state index contributed by atoms with van der Waals surface area (Å²) in [6, 6.07) is 0.539. The second-order valence-corrected chi connectivity index (χ2v) is 3.86. The summed E-state index contributed by atoms with van der Waals surface area (Å²) in [6.45, 7) is 0. The molecular formula is C7H15NS. The van der Waals surface area contributed by atoms with Crippen LogP contribution < -0.4 is 5.73 Å². The first kappa shape index (κ1) is 7.42. The minimum absolute atomic E-state index is 0.539. The quantitative estimate of drug-likeness (QED) is 0.651. The molecule has 0 amide bonds. The van der Waals surface area contributed by atoms with Crippen LogP contribution in [0.2, 0.25) is 0 Å². The maximum absolute atomic E-state index is 5.63. The number of hydrogen-bond donors (Lipinski definition) is 1. The number of thioether (sulfide) groups is 1. The monoisotopic (exact) mass is 145 g/mol. The number of hydrogen-bond acceptors (Lipinski definition) is 2. The molecule has 0 aromatic heterocycles. The average Bonchev–Trinajstić information content (AvgIpc) is 1.78. The fourth-order valence-corrected chi connectivity index (χ4v) is 1.88. The molecule has 1 fully saturated rings. The van der Waals surface area contributed by atoms with Gasteiger partial charge in [0.25, 0.3) is 0 Å². The summed E-state index contributed by atoms with van der Waals surface area (Å²) in [7, 11) is 0. The predicted octanol–water partition coefficient (Wildman–Crippen LogP) is 1.48. The van der Waals surface area contributed by atoms with Crippen LogP contribution in [0.25, 0.3) is 0 Å². The van der Waals surface area contributed by atoms with Crippen molar-refractivity contribution in [3.05, 3.63) is 0 Å². The van der Waals surface area contributed by atoms with E-state index in [1.807, 2.05) is 11.8 Å². The molecule has 2 heteroatoms. The van der Waals surface area contributed by atoms with Gasteiger partial charge in [-0.1, -0.05) is 0 Å². The van der Waals surface area contributed by atoms with E-state index in [0.717, 1.165) is 5.92 Å². The molecule has 0 aromatic rings. The van der Waals surface area contributed by atoms with Crippen molar-refractivity contribution in [3.8, 4) is 0 Å². The lowest BCUT2D eigenvalue weighted by molar-refractivity contribution is 0.260. The van der Waals surface area contributed by atoms with Crippen LogP contribution in [0.15, 0.2) is 0 Å². The Morgan fingerprint density at radius 3 is 2.67 bits per heavy atom. The molecule has 0 radical (unpaired) electrons. The Kier molecular flexibility index (Phi) is 2.86. The highest BCUT2D eigenvalue weighted by Crippen LogP contribution is 2.29. The van der Waals surface area contributed by atoms with Crippen molar-refractivity contribution < 1.29 is 0 Å². The normalized spacial score (nSPS) is 34.0. The van der Waals surface area contributed by atoms with E-state index >= 15 is 0 Å². The largest absolute Gasteiger partial charge is 0.328 e. The van der Waals surface area contributed by atoms with E-state index in [1.165, 1.54) is 25.0 Å². The van der Waals surface area contributed by atoms with Crippen molar-refractivity contribution in [2.45, 2.75) is 25.3 Å². The van der Waals surface area contributed by atoms with E-state index in [-0.39, 0.29) is 0 Å². The SMILES string of the molecule is CSCCC1CC(N)C1. The van der Waals surface area contributed by atoms with Crippen LogP contribution >= 0.6 is 11.8 Å². The first-order valence-corrected chi connectivity index (χ1v) is 4.97. The highest BCUT2D eigenvalue weighted by molar-refractivity contribution is 7.98. The zero-order chi connectivity index (χ0) is 6.69. The lowest BCUT2D eigenvalue weighted by atomic mass is 9.79. The summed E-state index contributed by atoms with van der Waals surface area (Å²) in [5.41, 5.74) is 5.63. The Morgan fingerprint density at radius 1 is 1.56 bits per heavy atom. The van der Waals surface area contributed by atoms with Gasteiger partial charge in [-0.05, 0) is 37.2 Å². The Morgan fingerprint density at radius 2 is 2.22 bits per heavy atom. The van der Waals surface area contributed by atoms with Gasteiger partial charge in [-0.2, -0.15) is 11.8 Å². The summed E-state index contributed by atoms with van der Waals surface area (Å²) in [5, 5.41) is 0. The van der Waals surface area contributed by atoms with Gasteiger partial charge in [0, 0.05) is 6.04 Å². The van der Waals surface area contributed by atoms with Gasteiger partial charge in [-0.15, -0.1) is 0 Å². The molecule has 1 aliphatic carbocycles. The minimum atomic E-state index is 0.539. The van der Waals surface area contributed by atoms with E-state index in [2.05, 4.69) is 6.26 Å². The molecule has 0 atom stereocenters. The third-order valence-corrected chi connectivity index (χ3v) is 2.65. The third-order valence-electron chi connectivity index (χ3n) is 2.00. The van der Waals surface area contributed by atoms with Crippen LogP contribution in [0.5, 0.6) is 0 Å². The van der Waals surface area contributed by atoms with Crippen molar-refractivity contribution in [2.24, 2.45) is 11.7 Å². The molecule has 9 heavy (non-hydrogen) atoms. The Bertz CT molecular complexity index is 79.0. The molecule has 1 nitrogen and oxygen atoms in total. The van der Waals surface area contributed by atoms with Gasteiger partial charge >= 0.3 is 0 Å². The summed E-state index contributed by atoms with van der Waals surface area (Å²) in [6.07, 6.45) is 6.11. The van der Waals surface area contributed by atoms with Gasteiger partial charge in [0.05, 0.1) is 0 Å². The van der Waals surface area contributed by atoms with Crippen LogP contribution in [0.3, 0.4) is 0 Å². The summed E-state index contributed by atoms with van der Waals surface area (Å²) < 4.78 is 0. The van der Waals surface area contributed by atoms with Crippen LogP contribution in [0.1, 0.15) is 19.3 Å². The van der Waals surface area contributed by atoms with Crippen LogP contribution in [-0.2, 0) is 0 Å². The molecule has 1 rings (SSSR count). The molecule has 0 spiro atoms. The van der Waals surface area contributed by atoms with E-state index in [9.17, 15) is 0 Å². The predicted molar refractivity (Wildman–Crippen MR) is 43.7 cm³/mol. The van der Waals surface area contributed by atoms with Gasteiger partial charge in [0.1, 0.15) is 0 Å². The average molecular weight is 145 g/mol. The van der Waals surface area contributed by atoms with E-state index < -0.39 is 0 Å². The molecule has 1 aliphatic rings.